The normalized spacial score (nSPS) is 31.5. The monoisotopic (exact) mass is 88.0 g/mol. The maximum Gasteiger partial charge on any atom is 0.368 e. The number of hydrogen-bond donors (Lipinski definition) is 1. The van der Waals surface area contributed by atoms with Gasteiger partial charge in [-0.15, -0.1) is 0 Å². The molecule has 0 aromatic rings. The summed E-state index contributed by atoms with van der Waals surface area (Å²) in [4.78, 5) is 9.95. The Bertz CT molecular complexity index is 80.9. The standard InChI is InChI=1S/C3H5NO2/c4-2-1-6-3(2)5/h2H,1,4H2/p+1. The SMILES string of the molecule is [NH3+]C1COC1=O. The van der Waals surface area contributed by atoms with Crippen LogP contribution in [-0.4, -0.2) is 18.6 Å². The molecule has 0 aromatic carbocycles. The number of carbonyl (C=O) groups excluding carboxylic acids is 1. The molecule has 1 aliphatic rings. The first kappa shape index (κ1) is 3.61. The lowest BCUT2D eigenvalue weighted by molar-refractivity contribution is -0.433. The molecule has 1 unspecified atom stereocenters. The van der Waals surface area contributed by atoms with Crippen LogP contribution in [-0.2, 0) is 9.53 Å². The second-order valence-corrected chi connectivity index (χ2v) is 1.33. The highest BCUT2D eigenvalue weighted by atomic mass is 16.6. The molecule has 3 N–H and O–H groups in total. The van der Waals surface area contributed by atoms with Gasteiger partial charge < -0.3 is 10.5 Å². The van der Waals surface area contributed by atoms with Crippen molar-refractivity contribution in [3.8, 4) is 0 Å². The molecule has 1 heterocycles. The van der Waals surface area contributed by atoms with E-state index in [0.717, 1.165) is 0 Å². The fourth-order valence-corrected chi connectivity index (χ4v) is 0.269. The summed E-state index contributed by atoms with van der Waals surface area (Å²) in [5.74, 6) is -0.171. The zero-order valence-corrected chi connectivity index (χ0v) is 3.31. The van der Waals surface area contributed by atoms with E-state index >= 15 is 0 Å². The molecule has 0 aromatic heterocycles. The van der Waals surface area contributed by atoms with Crippen LogP contribution in [0.4, 0.5) is 0 Å². The Balaban J connectivity index is 2.39. The first-order chi connectivity index (χ1) is 2.80. The van der Waals surface area contributed by atoms with Gasteiger partial charge in [0, 0.05) is 0 Å². The minimum absolute atomic E-state index is 0.0787. The topological polar surface area (TPSA) is 53.9 Å². The van der Waals surface area contributed by atoms with Crippen LogP contribution >= 0.6 is 0 Å². The van der Waals surface area contributed by atoms with Gasteiger partial charge in [-0.3, -0.25) is 0 Å². The molecule has 0 radical (unpaired) electrons. The van der Waals surface area contributed by atoms with Crippen molar-refractivity contribution >= 4 is 5.97 Å². The smallest absolute Gasteiger partial charge is 0.368 e. The van der Waals surface area contributed by atoms with Gasteiger partial charge in [0.1, 0.15) is 0 Å². The van der Waals surface area contributed by atoms with Crippen LogP contribution in [0, 0.1) is 0 Å². The van der Waals surface area contributed by atoms with Crippen molar-refractivity contribution in [3.63, 3.8) is 0 Å². The first-order valence-corrected chi connectivity index (χ1v) is 1.80. The minimum Gasteiger partial charge on any atom is -0.454 e. The van der Waals surface area contributed by atoms with Gasteiger partial charge >= 0.3 is 5.97 Å². The molecule has 1 rings (SSSR count). The Morgan fingerprint density at radius 2 is 2.50 bits per heavy atom. The highest BCUT2D eigenvalue weighted by molar-refractivity contribution is 5.78. The summed E-state index contributed by atoms with van der Waals surface area (Å²) in [7, 11) is 0. The Labute approximate surface area is 35.1 Å². The van der Waals surface area contributed by atoms with E-state index in [9.17, 15) is 4.79 Å². The third kappa shape index (κ3) is 0.285. The number of esters is 1. The van der Waals surface area contributed by atoms with Gasteiger partial charge in [-0.25, -0.2) is 4.79 Å². The second-order valence-electron chi connectivity index (χ2n) is 1.33. The largest absolute Gasteiger partial charge is 0.454 e. The molecule has 34 valence electrons. The van der Waals surface area contributed by atoms with E-state index in [2.05, 4.69) is 10.5 Å². The quantitative estimate of drug-likeness (QED) is 0.353. The first-order valence-electron chi connectivity index (χ1n) is 1.80. The molecular formula is C3H6NO2+. The average Bonchev–Trinajstić information content (AvgIpc) is 1.61. The molecule has 1 aliphatic heterocycles. The molecule has 3 nitrogen and oxygen atoms in total. The molecule has 3 heteroatoms. The molecule has 0 spiro atoms. The van der Waals surface area contributed by atoms with Gasteiger partial charge in [-0.2, -0.15) is 0 Å². The molecule has 6 heavy (non-hydrogen) atoms. The van der Waals surface area contributed by atoms with E-state index in [1.54, 1.807) is 0 Å². The van der Waals surface area contributed by atoms with Crippen molar-refractivity contribution in [2.75, 3.05) is 6.61 Å². The van der Waals surface area contributed by atoms with Crippen LogP contribution in [0.2, 0.25) is 0 Å². The lowest BCUT2D eigenvalue weighted by Gasteiger charge is -2.15. The van der Waals surface area contributed by atoms with Gasteiger partial charge in [0.25, 0.3) is 0 Å². The van der Waals surface area contributed by atoms with Crippen molar-refractivity contribution in [2.24, 2.45) is 0 Å². The molecule has 1 saturated heterocycles. The van der Waals surface area contributed by atoms with Crippen LogP contribution in [0.3, 0.4) is 0 Å². The van der Waals surface area contributed by atoms with E-state index < -0.39 is 0 Å². The lowest BCUT2D eigenvalue weighted by Crippen LogP contribution is -2.72. The minimum atomic E-state index is -0.171. The summed E-state index contributed by atoms with van der Waals surface area (Å²) in [5, 5.41) is 0. The predicted octanol–water partition coefficient (Wildman–Crippen LogP) is -1.85. The van der Waals surface area contributed by atoms with Crippen LogP contribution in [0.1, 0.15) is 0 Å². The van der Waals surface area contributed by atoms with Crippen molar-refractivity contribution in [1.29, 1.82) is 0 Å². The second kappa shape index (κ2) is 0.944. The van der Waals surface area contributed by atoms with E-state index in [4.69, 9.17) is 0 Å². The summed E-state index contributed by atoms with van der Waals surface area (Å²) in [5.41, 5.74) is 3.45. The molecular weight excluding hydrogens is 82.0 g/mol. The fraction of sp³-hybridized carbons (Fsp3) is 0.667. The van der Waals surface area contributed by atoms with E-state index in [1.165, 1.54) is 0 Å². The van der Waals surface area contributed by atoms with Gasteiger partial charge in [-0.1, -0.05) is 0 Å². The highest BCUT2D eigenvalue weighted by Gasteiger charge is 2.29. The fourth-order valence-electron chi connectivity index (χ4n) is 0.269. The Kier molecular flexibility index (Phi) is 0.569. The van der Waals surface area contributed by atoms with Crippen LogP contribution in [0.5, 0.6) is 0 Å². The summed E-state index contributed by atoms with van der Waals surface area (Å²) >= 11 is 0. The maximum atomic E-state index is 9.95. The van der Waals surface area contributed by atoms with Gasteiger partial charge in [0.15, 0.2) is 6.61 Å². The number of carbonyl (C=O) groups is 1. The maximum absolute atomic E-state index is 9.95. The molecule has 0 amide bonds. The Morgan fingerprint density at radius 3 is 2.50 bits per heavy atom. The summed E-state index contributed by atoms with van der Waals surface area (Å²) in [6.07, 6.45) is 0. The summed E-state index contributed by atoms with van der Waals surface area (Å²) in [6, 6.07) is -0.0787. The molecule has 1 fully saturated rings. The van der Waals surface area contributed by atoms with Crippen molar-refractivity contribution in [2.45, 2.75) is 6.04 Å². The number of hydrogen-bond acceptors (Lipinski definition) is 2. The van der Waals surface area contributed by atoms with Crippen molar-refractivity contribution < 1.29 is 15.3 Å². The molecule has 0 bridgehead atoms. The Morgan fingerprint density at radius 1 is 2.00 bits per heavy atom. The average molecular weight is 88.1 g/mol. The number of ether oxygens (including phenoxy) is 1. The van der Waals surface area contributed by atoms with E-state index in [1.807, 2.05) is 0 Å². The zero-order valence-electron chi connectivity index (χ0n) is 3.31. The van der Waals surface area contributed by atoms with E-state index in [0.29, 0.717) is 6.61 Å². The van der Waals surface area contributed by atoms with Crippen LogP contribution in [0.25, 0.3) is 0 Å². The van der Waals surface area contributed by atoms with Crippen LogP contribution < -0.4 is 5.73 Å². The molecule has 0 aliphatic carbocycles. The zero-order chi connectivity index (χ0) is 4.57. The van der Waals surface area contributed by atoms with E-state index in [-0.39, 0.29) is 12.0 Å². The highest BCUT2D eigenvalue weighted by Crippen LogP contribution is 1.94. The molecule has 0 saturated carbocycles. The summed E-state index contributed by atoms with van der Waals surface area (Å²) < 4.78 is 4.34. The van der Waals surface area contributed by atoms with Crippen molar-refractivity contribution in [3.05, 3.63) is 0 Å². The predicted molar refractivity (Wildman–Crippen MR) is 17.6 cm³/mol. The van der Waals surface area contributed by atoms with Gasteiger partial charge in [-0.05, 0) is 0 Å². The van der Waals surface area contributed by atoms with Gasteiger partial charge in [0.2, 0.25) is 6.04 Å². The number of cyclic esters (lactones) is 1. The Hall–Kier alpha value is -0.570. The summed E-state index contributed by atoms with van der Waals surface area (Å²) in [6.45, 7) is 0.513. The van der Waals surface area contributed by atoms with Gasteiger partial charge in [0.05, 0.1) is 0 Å². The van der Waals surface area contributed by atoms with Crippen molar-refractivity contribution in [1.82, 2.24) is 0 Å². The number of quaternary nitrogens is 1. The molecule has 1 atom stereocenters. The lowest BCUT2D eigenvalue weighted by atomic mass is 10.3. The van der Waals surface area contributed by atoms with Crippen LogP contribution in [0.15, 0.2) is 0 Å². The third-order valence-electron chi connectivity index (χ3n) is 0.760. The third-order valence-corrected chi connectivity index (χ3v) is 0.760. The number of rotatable bonds is 0.